The molecule has 1 unspecified atom stereocenters. The largest absolute Gasteiger partial charge is 0.493 e. The molecule has 1 amide bonds. The molecule has 23 heavy (non-hydrogen) atoms. The van der Waals surface area contributed by atoms with Crippen molar-refractivity contribution < 1.29 is 19.0 Å². The first-order valence-electron chi connectivity index (χ1n) is 7.15. The number of amides is 1. The van der Waals surface area contributed by atoms with Gasteiger partial charge >= 0.3 is 0 Å². The minimum absolute atomic E-state index is 0.138. The quantitative estimate of drug-likeness (QED) is 0.908. The average molecular weight is 314 g/mol. The van der Waals surface area contributed by atoms with Crippen molar-refractivity contribution in [3.63, 3.8) is 0 Å². The van der Waals surface area contributed by atoms with E-state index in [1.807, 2.05) is 24.3 Å². The molecule has 0 saturated carbocycles. The molecule has 1 atom stereocenters. The summed E-state index contributed by atoms with van der Waals surface area (Å²) in [6, 6.07) is 11.0. The molecule has 2 aromatic carbocycles. The number of fused-ring (bicyclic) bond motifs is 1. The van der Waals surface area contributed by atoms with Crippen LogP contribution in [0.3, 0.4) is 0 Å². The highest BCUT2D eigenvalue weighted by molar-refractivity contribution is 6.01. The molecule has 6 nitrogen and oxygen atoms in total. The summed E-state index contributed by atoms with van der Waals surface area (Å²) in [7, 11) is 4.67. The number of para-hydroxylation sites is 1. The van der Waals surface area contributed by atoms with Crippen LogP contribution in [0, 0.1) is 0 Å². The molecule has 2 aromatic rings. The van der Waals surface area contributed by atoms with Gasteiger partial charge in [-0.1, -0.05) is 12.1 Å². The van der Waals surface area contributed by atoms with Gasteiger partial charge in [-0.05, 0) is 24.3 Å². The van der Waals surface area contributed by atoms with Gasteiger partial charge in [0.05, 0.1) is 26.9 Å². The Morgan fingerprint density at radius 2 is 1.61 bits per heavy atom. The molecule has 0 aliphatic carbocycles. The maximum atomic E-state index is 12.3. The fourth-order valence-corrected chi connectivity index (χ4v) is 2.71. The van der Waals surface area contributed by atoms with Crippen molar-refractivity contribution in [1.82, 2.24) is 5.32 Å². The second-order valence-corrected chi connectivity index (χ2v) is 5.02. The van der Waals surface area contributed by atoms with E-state index in [1.54, 1.807) is 33.5 Å². The number of carbonyl (C=O) groups is 1. The Kier molecular flexibility index (Phi) is 3.97. The van der Waals surface area contributed by atoms with Crippen LogP contribution in [0.15, 0.2) is 36.4 Å². The van der Waals surface area contributed by atoms with E-state index in [9.17, 15) is 4.79 Å². The van der Waals surface area contributed by atoms with E-state index in [-0.39, 0.29) is 5.91 Å². The standard InChI is InChI=1S/C17H18N2O4/c1-21-13-9-8-11(14(22-2)15(13)23-3)16-18-12-7-5-4-6-10(12)17(20)19-16/h4-9,16,18H,1-3H3,(H,19,20). The fourth-order valence-electron chi connectivity index (χ4n) is 2.71. The molecule has 1 heterocycles. The molecule has 6 heteroatoms. The van der Waals surface area contributed by atoms with Crippen LogP contribution in [0.2, 0.25) is 0 Å². The average Bonchev–Trinajstić information content (AvgIpc) is 2.60. The molecule has 1 aliphatic heterocycles. The number of carbonyl (C=O) groups excluding carboxylic acids is 1. The second-order valence-electron chi connectivity index (χ2n) is 5.02. The first kappa shape index (κ1) is 15.0. The smallest absolute Gasteiger partial charge is 0.255 e. The SMILES string of the molecule is COc1ccc(C2NC(=O)c3ccccc3N2)c(OC)c1OC. The maximum Gasteiger partial charge on any atom is 0.255 e. The lowest BCUT2D eigenvalue weighted by molar-refractivity contribution is 0.0935. The van der Waals surface area contributed by atoms with Gasteiger partial charge in [-0.25, -0.2) is 0 Å². The van der Waals surface area contributed by atoms with E-state index in [2.05, 4.69) is 10.6 Å². The number of rotatable bonds is 4. The zero-order valence-corrected chi connectivity index (χ0v) is 13.2. The number of benzene rings is 2. The highest BCUT2D eigenvalue weighted by Crippen LogP contribution is 2.43. The molecule has 120 valence electrons. The molecular weight excluding hydrogens is 296 g/mol. The van der Waals surface area contributed by atoms with E-state index >= 15 is 0 Å². The Labute approximate surface area is 134 Å². The molecule has 0 bridgehead atoms. The van der Waals surface area contributed by atoms with Crippen LogP contribution in [0.5, 0.6) is 17.2 Å². The third-order valence-corrected chi connectivity index (χ3v) is 3.79. The summed E-state index contributed by atoms with van der Waals surface area (Å²) in [6.07, 6.45) is -0.424. The zero-order chi connectivity index (χ0) is 16.4. The second kappa shape index (κ2) is 6.08. The van der Waals surface area contributed by atoms with E-state index in [0.717, 1.165) is 11.3 Å². The van der Waals surface area contributed by atoms with Crippen molar-refractivity contribution in [3.05, 3.63) is 47.5 Å². The van der Waals surface area contributed by atoms with Crippen LogP contribution < -0.4 is 24.8 Å². The van der Waals surface area contributed by atoms with E-state index in [4.69, 9.17) is 14.2 Å². The molecule has 3 rings (SSSR count). The molecule has 0 saturated heterocycles. The number of hydrogen-bond donors (Lipinski definition) is 2. The lowest BCUT2D eigenvalue weighted by atomic mass is 10.0. The van der Waals surface area contributed by atoms with Gasteiger partial charge in [0.25, 0.3) is 5.91 Å². The minimum Gasteiger partial charge on any atom is -0.493 e. The molecule has 1 aliphatic rings. The number of methoxy groups -OCH3 is 3. The van der Waals surface area contributed by atoms with Crippen molar-refractivity contribution in [1.29, 1.82) is 0 Å². The van der Waals surface area contributed by atoms with Crippen molar-refractivity contribution in [2.45, 2.75) is 6.17 Å². The molecular formula is C17H18N2O4. The summed E-state index contributed by atoms with van der Waals surface area (Å²) in [5.41, 5.74) is 2.15. The van der Waals surface area contributed by atoms with Gasteiger partial charge in [0.15, 0.2) is 11.5 Å². The van der Waals surface area contributed by atoms with Crippen LogP contribution in [0.25, 0.3) is 0 Å². The number of nitrogens with one attached hydrogen (secondary N) is 2. The predicted octanol–water partition coefficient (Wildman–Crippen LogP) is 2.57. The van der Waals surface area contributed by atoms with E-state index in [0.29, 0.717) is 22.8 Å². The molecule has 2 N–H and O–H groups in total. The zero-order valence-electron chi connectivity index (χ0n) is 13.2. The summed E-state index contributed by atoms with van der Waals surface area (Å²) in [5, 5.41) is 6.22. The number of ether oxygens (including phenoxy) is 3. The molecule has 0 radical (unpaired) electrons. The Bertz CT molecular complexity index is 745. The number of hydrogen-bond acceptors (Lipinski definition) is 5. The van der Waals surface area contributed by atoms with Gasteiger partial charge in [0.2, 0.25) is 5.75 Å². The highest BCUT2D eigenvalue weighted by atomic mass is 16.5. The van der Waals surface area contributed by atoms with Crippen LogP contribution in [-0.4, -0.2) is 27.2 Å². The Hall–Kier alpha value is -2.89. The lowest BCUT2D eigenvalue weighted by Crippen LogP contribution is -2.38. The van der Waals surface area contributed by atoms with Crippen LogP contribution >= 0.6 is 0 Å². The van der Waals surface area contributed by atoms with Gasteiger partial charge in [0, 0.05) is 11.3 Å². The van der Waals surface area contributed by atoms with Crippen LogP contribution in [0.1, 0.15) is 22.1 Å². The molecule has 0 fully saturated rings. The van der Waals surface area contributed by atoms with Gasteiger partial charge in [-0.3, -0.25) is 4.79 Å². The first-order valence-corrected chi connectivity index (χ1v) is 7.15. The fraction of sp³-hybridized carbons (Fsp3) is 0.235. The summed E-state index contributed by atoms with van der Waals surface area (Å²) in [5.74, 6) is 1.43. The van der Waals surface area contributed by atoms with Crippen molar-refractivity contribution in [2.24, 2.45) is 0 Å². The van der Waals surface area contributed by atoms with Crippen molar-refractivity contribution in [3.8, 4) is 17.2 Å². The van der Waals surface area contributed by atoms with Gasteiger partial charge in [-0.2, -0.15) is 0 Å². The van der Waals surface area contributed by atoms with Crippen molar-refractivity contribution in [2.75, 3.05) is 26.6 Å². The Balaban J connectivity index is 2.05. The van der Waals surface area contributed by atoms with Gasteiger partial charge in [-0.15, -0.1) is 0 Å². The first-order chi connectivity index (χ1) is 11.2. The predicted molar refractivity (Wildman–Crippen MR) is 86.4 cm³/mol. The minimum atomic E-state index is -0.424. The Morgan fingerprint density at radius 1 is 0.870 bits per heavy atom. The summed E-state index contributed by atoms with van der Waals surface area (Å²) in [6.45, 7) is 0. The topological polar surface area (TPSA) is 68.8 Å². The van der Waals surface area contributed by atoms with Crippen LogP contribution in [-0.2, 0) is 0 Å². The third kappa shape index (κ3) is 2.52. The summed E-state index contributed by atoms with van der Waals surface area (Å²) < 4.78 is 16.2. The summed E-state index contributed by atoms with van der Waals surface area (Å²) in [4.78, 5) is 12.3. The van der Waals surface area contributed by atoms with Gasteiger partial charge in [0.1, 0.15) is 6.17 Å². The van der Waals surface area contributed by atoms with Crippen LogP contribution in [0.4, 0.5) is 5.69 Å². The van der Waals surface area contributed by atoms with E-state index < -0.39 is 6.17 Å². The van der Waals surface area contributed by atoms with Gasteiger partial charge < -0.3 is 24.8 Å². The Morgan fingerprint density at radius 3 is 2.30 bits per heavy atom. The maximum absolute atomic E-state index is 12.3. The number of anilines is 1. The molecule has 0 spiro atoms. The van der Waals surface area contributed by atoms with E-state index in [1.165, 1.54) is 0 Å². The van der Waals surface area contributed by atoms with Crippen molar-refractivity contribution >= 4 is 11.6 Å². The highest BCUT2D eigenvalue weighted by Gasteiger charge is 2.28. The molecule has 0 aromatic heterocycles. The lowest BCUT2D eigenvalue weighted by Gasteiger charge is -2.29. The normalized spacial score (nSPS) is 16.0. The third-order valence-electron chi connectivity index (χ3n) is 3.79. The summed E-state index contributed by atoms with van der Waals surface area (Å²) >= 11 is 0. The monoisotopic (exact) mass is 314 g/mol.